The molecular formula is C18H28O4S. The Morgan fingerprint density at radius 2 is 1.91 bits per heavy atom. The summed E-state index contributed by atoms with van der Waals surface area (Å²) in [7, 11) is -3.66. The summed E-state index contributed by atoms with van der Waals surface area (Å²) in [6.45, 7) is 4.93. The molecule has 0 bridgehead atoms. The van der Waals surface area contributed by atoms with Crippen LogP contribution in [0.25, 0.3) is 0 Å². The molecule has 0 saturated carbocycles. The van der Waals surface area contributed by atoms with Gasteiger partial charge in [0.1, 0.15) is 0 Å². The van der Waals surface area contributed by atoms with Crippen molar-refractivity contribution in [2.45, 2.75) is 63.4 Å². The van der Waals surface area contributed by atoms with Crippen molar-refractivity contribution in [1.29, 1.82) is 0 Å². The van der Waals surface area contributed by atoms with E-state index in [1.165, 1.54) is 19.3 Å². The zero-order valence-electron chi connectivity index (χ0n) is 14.2. The Kier molecular flexibility index (Phi) is 7.06. The molecule has 1 aliphatic rings. The van der Waals surface area contributed by atoms with Crippen molar-refractivity contribution in [2.24, 2.45) is 5.92 Å². The van der Waals surface area contributed by atoms with E-state index >= 15 is 0 Å². The molecule has 1 fully saturated rings. The van der Waals surface area contributed by atoms with Crippen LogP contribution in [0.3, 0.4) is 0 Å². The highest BCUT2D eigenvalue weighted by Gasteiger charge is 2.24. The predicted molar refractivity (Wildman–Crippen MR) is 90.9 cm³/mol. The Labute approximate surface area is 140 Å². The lowest BCUT2D eigenvalue weighted by Gasteiger charge is -2.28. The first-order valence-electron chi connectivity index (χ1n) is 8.59. The minimum absolute atomic E-state index is 0.164. The van der Waals surface area contributed by atoms with Gasteiger partial charge in [0.25, 0.3) is 10.1 Å². The van der Waals surface area contributed by atoms with E-state index in [2.05, 4.69) is 6.92 Å². The van der Waals surface area contributed by atoms with Crippen molar-refractivity contribution in [3.8, 4) is 0 Å². The zero-order chi connectivity index (χ0) is 16.7. The van der Waals surface area contributed by atoms with Gasteiger partial charge in [0, 0.05) is 5.92 Å². The maximum Gasteiger partial charge on any atom is 0.296 e. The number of rotatable bonds is 8. The van der Waals surface area contributed by atoms with Crippen LogP contribution < -0.4 is 0 Å². The summed E-state index contributed by atoms with van der Waals surface area (Å²) < 4.78 is 35.4. The summed E-state index contributed by atoms with van der Waals surface area (Å²) in [5, 5.41) is 0. The molecule has 1 aromatic rings. The first kappa shape index (κ1) is 18.4. The van der Waals surface area contributed by atoms with Crippen molar-refractivity contribution in [1.82, 2.24) is 0 Å². The Balaban J connectivity index is 1.75. The Hall–Kier alpha value is -0.910. The second-order valence-electron chi connectivity index (χ2n) is 6.45. The fourth-order valence-corrected chi connectivity index (χ4v) is 3.78. The number of hydrogen-bond donors (Lipinski definition) is 0. The number of ether oxygens (including phenoxy) is 1. The van der Waals surface area contributed by atoms with Gasteiger partial charge in [-0.05, 0) is 38.3 Å². The van der Waals surface area contributed by atoms with Gasteiger partial charge in [0.2, 0.25) is 0 Å². The first-order valence-corrected chi connectivity index (χ1v) is 10.00. The highest BCUT2D eigenvalue weighted by molar-refractivity contribution is 7.86. The van der Waals surface area contributed by atoms with E-state index in [9.17, 15) is 8.42 Å². The lowest BCUT2D eigenvalue weighted by Crippen LogP contribution is -2.29. The predicted octanol–water partition coefficient (Wildman–Crippen LogP) is 4.08. The molecule has 2 rings (SSSR count). The Bertz CT molecular complexity index is 557. The molecule has 0 N–H and O–H groups in total. The van der Waals surface area contributed by atoms with Crippen LogP contribution >= 0.6 is 0 Å². The average Bonchev–Trinajstić information content (AvgIpc) is 2.55. The number of aryl methyl sites for hydroxylation is 1. The molecule has 2 unspecified atom stereocenters. The standard InChI is InChI=1S/C18H28O4S/c1-3-4-5-6-17-10-9-16(13-21-17)14-22-23(19,20)18-11-7-15(2)8-12-18/h7-8,11-12,16-17H,3-6,9-10,13-14H2,1-2H3. The molecule has 0 amide bonds. The van der Waals surface area contributed by atoms with Gasteiger partial charge in [-0.2, -0.15) is 8.42 Å². The summed E-state index contributed by atoms with van der Waals surface area (Å²) in [5.74, 6) is 0.164. The minimum atomic E-state index is -3.66. The monoisotopic (exact) mass is 340 g/mol. The van der Waals surface area contributed by atoms with Crippen molar-refractivity contribution in [2.75, 3.05) is 13.2 Å². The second kappa shape index (κ2) is 8.81. The lowest BCUT2D eigenvalue weighted by molar-refractivity contribution is -0.0308. The summed E-state index contributed by atoms with van der Waals surface area (Å²) >= 11 is 0. The largest absolute Gasteiger partial charge is 0.378 e. The number of unbranched alkanes of at least 4 members (excludes halogenated alkanes) is 2. The maximum absolute atomic E-state index is 12.2. The van der Waals surface area contributed by atoms with Gasteiger partial charge in [0.15, 0.2) is 0 Å². The van der Waals surface area contributed by atoms with Crippen molar-refractivity contribution in [3.63, 3.8) is 0 Å². The molecule has 5 heteroatoms. The Morgan fingerprint density at radius 1 is 1.17 bits per heavy atom. The van der Waals surface area contributed by atoms with E-state index in [-0.39, 0.29) is 17.4 Å². The fraction of sp³-hybridized carbons (Fsp3) is 0.667. The van der Waals surface area contributed by atoms with Crippen LogP contribution in [0.15, 0.2) is 29.2 Å². The normalized spacial score (nSPS) is 22.2. The summed E-state index contributed by atoms with van der Waals surface area (Å²) in [4.78, 5) is 0.220. The quantitative estimate of drug-likeness (QED) is 0.528. The molecular weight excluding hydrogens is 312 g/mol. The highest BCUT2D eigenvalue weighted by Crippen LogP contribution is 2.24. The first-order chi connectivity index (χ1) is 11.0. The van der Waals surface area contributed by atoms with E-state index in [1.54, 1.807) is 24.3 Å². The van der Waals surface area contributed by atoms with Crippen molar-refractivity contribution < 1.29 is 17.3 Å². The van der Waals surface area contributed by atoms with Crippen LogP contribution in [-0.2, 0) is 19.0 Å². The zero-order valence-corrected chi connectivity index (χ0v) is 15.0. The van der Waals surface area contributed by atoms with Gasteiger partial charge < -0.3 is 4.74 Å². The van der Waals surface area contributed by atoms with Crippen LogP contribution in [0.5, 0.6) is 0 Å². The molecule has 0 aliphatic carbocycles. The van der Waals surface area contributed by atoms with Crippen LogP contribution in [-0.4, -0.2) is 27.7 Å². The third-order valence-corrected chi connectivity index (χ3v) is 5.66. The van der Waals surface area contributed by atoms with Crippen LogP contribution in [0.2, 0.25) is 0 Å². The maximum atomic E-state index is 12.2. The molecule has 4 nitrogen and oxygen atoms in total. The van der Waals surface area contributed by atoms with Crippen LogP contribution in [0.4, 0.5) is 0 Å². The van der Waals surface area contributed by atoms with E-state index in [1.807, 2.05) is 6.92 Å². The number of hydrogen-bond acceptors (Lipinski definition) is 4. The third-order valence-electron chi connectivity index (χ3n) is 4.36. The fourth-order valence-electron chi connectivity index (χ4n) is 2.80. The molecule has 2 atom stereocenters. The van der Waals surface area contributed by atoms with Gasteiger partial charge in [-0.3, -0.25) is 4.18 Å². The minimum Gasteiger partial charge on any atom is -0.378 e. The highest BCUT2D eigenvalue weighted by atomic mass is 32.2. The Morgan fingerprint density at radius 3 is 2.52 bits per heavy atom. The third kappa shape index (κ3) is 5.90. The van der Waals surface area contributed by atoms with E-state index in [0.717, 1.165) is 24.8 Å². The summed E-state index contributed by atoms with van der Waals surface area (Å²) in [5.41, 5.74) is 1.03. The molecule has 1 aliphatic heterocycles. The molecule has 23 heavy (non-hydrogen) atoms. The summed E-state index contributed by atoms with van der Waals surface area (Å²) in [6, 6.07) is 6.74. The van der Waals surface area contributed by atoms with Gasteiger partial charge >= 0.3 is 0 Å². The topological polar surface area (TPSA) is 52.6 Å². The molecule has 130 valence electrons. The van der Waals surface area contributed by atoms with Crippen molar-refractivity contribution in [3.05, 3.63) is 29.8 Å². The van der Waals surface area contributed by atoms with Crippen molar-refractivity contribution >= 4 is 10.1 Å². The van der Waals surface area contributed by atoms with Gasteiger partial charge in [0.05, 0.1) is 24.2 Å². The van der Waals surface area contributed by atoms with E-state index in [4.69, 9.17) is 8.92 Å². The van der Waals surface area contributed by atoms with Gasteiger partial charge in [-0.15, -0.1) is 0 Å². The average molecular weight is 340 g/mol. The SMILES string of the molecule is CCCCCC1CCC(COS(=O)(=O)c2ccc(C)cc2)CO1. The molecule has 0 spiro atoms. The molecule has 0 aromatic heterocycles. The number of benzene rings is 1. The smallest absolute Gasteiger partial charge is 0.296 e. The molecule has 1 saturated heterocycles. The van der Waals surface area contributed by atoms with Gasteiger partial charge in [-0.25, -0.2) is 0 Å². The van der Waals surface area contributed by atoms with Crippen LogP contribution in [0.1, 0.15) is 51.0 Å². The van der Waals surface area contributed by atoms with E-state index < -0.39 is 10.1 Å². The molecule has 0 radical (unpaired) electrons. The molecule has 1 heterocycles. The summed E-state index contributed by atoms with van der Waals surface area (Å²) in [6.07, 6.45) is 7.11. The van der Waals surface area contributed by atoms with E-state index in [0.29, 0.717) is 12.7 Å². The lowest BCUT2D eigenvalue weighted by atomic mass is 9.96. The van der Waals surface area contributed by atoms with Gasteiger partial charge in [-0.1, -0.05) is 43.9 Å². The second-order valence-corrected chi connectivity index (χ2v) is 8.06. The van der Waals surface area contributed by atoms with Crippen LogP contribution in [0, 0.1) is 12.8 Å². The molecule has 1 aromatic carbocycles.